The second-order valence-electron chi connectivity index (χ2n) is 5.27. The zero-order chi connectivity index (χ0) is 19.8. The minimum Gasteiger partial charge on any atom is -0.454 e. The molecule has 2 aromatic rings. The van der Waals surface area contributed by atoms with Gasteiger partial charge >= 0.3 is 6.18 Å². The summed E-state index contributed by atoms with van der Waals surface area (Å²) < 4.78 is 73.1. The van der Waals surface area contributed by atoms with Crippen molar-refractivity contribution in [3.05, 3.63) is 52.5 Å². The van der Waals surface area contributed by atoms with Crippen molar-refractivity contribution in [2.75, 3.05) is 6.79 Å². The molecule has 1 aliphatic rings. The van der Waals surface area contributed by atoms with Crippen LogP contribution in [0.15, 0.2) is 41.3 Å². The highest BCUT2D eigenvalue weighted by atomic mass is 35.5. The van der Waals surface area contributed by atoms with Gasteiger partial charge in [-0.1, -0.05) is 11.6 Å². The molecule has 0 fully saturated rings. The van der Waals surface area contributed by atoms with Crippen molar-refractivity contribution in [1.29, 1.82) is 0 Å². The van der Waals surface area contributed by atoms with E-state index in [2.05, 4.69) is 0 Å². The van der Waals surface area contributed by atoms with Gasteiger partial charge in [0.15, 0.2) is 11.5 Å². The van der Waals surface area contributed by atoms with E-state index < -0.39 is 37.6 Å². The van der Waals surface area contributed by atoms with Gasteiger partial charge in [-0.2, -0.15) is 13.2 Å². The van der Waals surface area contributed by atoms with Crippen LogP contribution >= 0.6 is 11.6 Å². The highest BCUT2D eigenvalue weighted by Gasteiger charge is 2.34. The van der Waals surface area contributed by atoms with Crippen LogP contribution in [-0.4, -0.2) is 21.1 Å². The molecule has 0 saturated carbocycles. The van der Waals surface area contributed by atoms with Crippen LogP contribution in [0.2, 0.25) is 5.02 Å². The highest BCUT2D eigenvalue weighted by Crippen LogP contribution is 2.36. The fourth-order valence-electron chi connectivity index (χ4n) is 2.17. The first-order valence-corrected chi connectivity index (χ1v) is 9.02. The van der Waals surface area contributed by atoms with Gasteiger partial charge in [0.1, 0.15) is 0 Å². The molecule has 12 heteroatoms. The number of alkyl halides is 3. The van der Waals surface area contributed by atoms with Crippen LogP contribution in [0.3, 0.4) is 0 Å². The number of rotatable bonds is 4. The van der Waals surface area contributed by atoms with E-state index in [1.54, 1.807) is 4.83 Å². The molecule has 1 aliphatic heterocycles. The average molecular weight is 423 g/mol. The van der Waals surface area contributed by atoms with Crippen LogP contribution in [0.5, 0.6) is 11.5 Å². The van der Waals surface area contributed by atoms with Crippen LogP contribution in [0.4, 0.5) is 13.2 Å². The first kappa shape index (κ1) is 19.3. The lowest BCUT2D eigenvalue weighted by molar-refractivity contribution is -0.137. The molecule has 3 rings (SSSR count). The van der Waals surface area contributed by atoms with E-state index in [0.29, 0.717) is 17.6 Å². The van der Waals surface area contributed by atoms with E-state index in [4.69, 9.17) is 21.1 Å². The van der Waals surface area contributed by atoms with Gasteiger partial charge in [0.05, 0.1) is 15.5 Å². The number of hydrogen-bond acceptors (Lipinski definition) is 5. The Bertz CT molecular complexity index is 1010. The van der Waals surface area contributed by atoms with Crippen LogP contribution < -0.4 is 19.7 Å². The predicted molar refractivity (Wildman–Crippen MR) is 86.8 cm³/mol. The fourth-order valence-corrected chi connectivity index (χ4v) is 3.26. The summed E-state index contributed by atoms with van der Waals surface area (Å²) in [5, 5.41) is -0.647. The number of carbonyl (C=O) groups excluding carboxylic acids is 1. The number of hydrogen-bond donors (Lipinski definition) is 2. The van der Waals surface area contributed by atoms with Crippen molar-refractivity contribution in [1.82, 2.24) is 10.3 Å². The SMILES string of the molecule is O=C(NNS(=O)(=O)c1ccc(Cl)c(C(F)(F)F)c1)c1ccc2c(c1)OCO2. The summed E-state index contributed by atoms with van der Waals surface area (Å²) in [6, 6.07) is 6.21. The molecule has 2 aromatic carbocycles. The van der Waals surface area contributed by atoms with Crippen LogP contribution in [0, 0.1) is 0 Å². The summed E-state index contributed by atoms with van der Waals surface area (Å²) >= 11 is 5.46. The molecular weight excluding hydrogens is 413 g/mol. The van der Waals surface area contributed by atoms with Gasteiger partial charge in [-0.25, -0.2) is 8.42 Å². The van der Waals surface area contributed by atoms with Gasteiger partial charge < -0.3 is 9.47 Å². The maximum Gasteiger partial charge on any atom is 0.417 e. The number of fused-ring (bicyclic) bond motifs is 1. The molecule has 0 aliphatic carbocycles. The van der Waals surface area contributed by atoms with Crippen LogP contribution in [-0.2, 0) is 16.2 Å². The number of ether oxygens (including phenoxy) is 2. The molecule has 0 aromatic heterocycles. The highest BCUT2D eigenvalue weighted by molar-refractivity contribution is 7.89. The van der Waals surface area contributed by atoms with Crippen LogP contribution in [0.25, 0.3) is 0 Å². The quantitative estimate of drug-likeness (QED) is 0.739. The predicted octanol–water partition coefficient (Wildman–Crippen LogP) is 2.71. The number of hydrazine groups is 1. The molecule has 1 amide bonds. The van der Waals surface area contributed by atoms with Gasteiger partial charge in [0, 0.05) is 5.56 Å². The maximum atomic E-state index is 12.9. The lowest BCUT2D eigenvalue weighted by Crippen LogP contribution is -2.41. The number of benzene rings is 2. The van der Waals surface area contributed by atoms with E-state index >= 15 is 0 Å². The lowest BCUT2D eigenvalue weighted by Gasteiger charge is -2.12. The second-order valence-corrected chi connectivity index (χ2v) is 7.36. The van der Waals surface area contributed by atoms with Gasteiger partial charge in [0.25, 0.3) is 15.9 Å². The first-order chi connectivity index (χ1) is 12.6. The monoisotopic (exact) mass is 422 g/mol. The average Bonchev–Trinajstić information content (AvgIpc) is 3.06. The smallest absolute Gasteiger partial charge is 0.417 e. The Labute approximate surface area is 156 Å². The summed E-state index contributed by atoms with van der Waals surface area (Å²) in [5.41, 5.74) is 0.653. The summed E-state index contributed by atoms with van der Waals surface area (Å²) in [4.78, 5) is 13.1. The number of carbonyl (C=O) groups is 1. The summed E-state index contributed by atoms with van der Waals surface area (Å²) in [6.45, 7) is -0.00879. The largest absolute Gasteiger partial charge is 0.454 e. The van der Waals surface area contributed by atoms with Gasteiger partial charge in [-0.05, 0) is 36.4 Å². The molecule has 0 saturated heterocycles. The summed E-state index contributed by atoms with van der Waals surface area (Å²) in [7, 11) is -4.47. The van der Waals surface area contributed by atoms with Crippen molar-refractivity contribution in [2.45, 2.75) is 11.1 Å². The Morgan fingerprint density at radius 2 is 1.78 bits per heavy atom. The lowest BCUT2D eigenvalue weighted by atomic mass is 10.2. The minimum absolute atomic E-state index is 0.00879. The number of sulfonamides is 1. The van der Waals surface area contributed by atoms with Crippen molar-refractivity contribution < 1.29 is 35.9 Å². The topological polar surface area (TPSA) is 93.7 Å². The summed E-state index contributed by atoms with van der Waals surface area (Å²) in [5.74, 6) is -0.118. The van der Waals surface area contributed by atoms with Crippen molar-refractivity contribution in [3.63, 3.8) is 0 Å². The molecule has 2 N–H and O–H groups in total. The molecule has 0 atom stereocenters. The second kappa shape index (κ2) is 6.91. The third-order valence-electron chi connectivity index (χ3n) is 3.49. The summed E-state index contributed by atoms with van der Waals surface area (Å²) in [6.07, 6.45) is -4.83. The van der Waals surface area contributed by atoms with E-state index in [1.807, 2.05) is 5.43 Å². The molecule has 0 spiro atoms. The van der Waals surface area contributed by atoms with Gasteiger partial charge in [0.2, 0.25) is 6.79 Å². The van der Waals surface area contributed by atoms with Crippen LogP contribution in [0.1, 0.15) is 15.9 Å². The fraction of sp³-hybridized carbons (Fsp3) is 0.133. The van der Waals surface area contributed by atoms with E-state index in [1.165, 1.54) is 18.2 Å². The molecule has 0 bridgehead atoms. The molecule has 27 heavy (non-hydrogen) atoms. The van der Waals surface area contributed by atoms with E-state index in [-0.39, 0.29) is 12.4 Å². The van der Waals surface area contributed by atoms with E-state index in [9.17, 15) is 26.4 Å². The van der Waals surface area contributed by atoms with Crippen molar-refractivity contribution >= 4 is 27.5 Å². The molecule has 0 radical (unpaired) electrons. The Kier molecular flexibility index (Phi) is 4.93. The number of amides is 1. The van der Waals surface area contributed by atoms with E-state index in [0.717, 1.165) is 12.1 Å². The normalized spacial score (nSPS) is 13.5. The third kappa shape index (κ3) is 4.10. The van der Waals surface area contributed by atoms with Crippen molar-refractivity contribution in [2.24, 2.45) is 0 Å². The molecule has 1 heterocycles. The molecule has 144 valence electrons. The molecule has 7 nitrogen and oxygen atoms in total. The zero-order valence-corrected chi connectivity index (χ0v) is 14.7. The standard InChI is InChI=1S/C15H10ClF3N2O5S/c16-11-3-2-9(6-10(11)15(17,18)19)27(23,24)21-20-14(22)8-1-4-12-13(5-8)26-7-25-12/h1-6,21H,7H2,(H,20,22). The maximum absolute atomic E-state index is 12.9. The minimum atomic E-state index is -4.83. The third-order valence-corrected chi connectivity index (χ3v) is 5.06. The van der Waals surface area contributed by atoms with Crippen molar-refractivity contribution in [3.8, 4) is 11.5 Å². The first-order valence-electron chi connectivity index (χ1n) is 7.16. The Hall–Kier alpha value is -2.50. The number of halogens is 4. The Morgan fingerprint density at radius 3 is 2.48 bits per heavy atom. The molecular formula is C15H10ClF3N2O5S. The Morgan fingerprint density at radius 1 is 1.07 bits per heavy atom. The number of nitrogens with one attached hydrogen (secondary N) is 2. The Balaban J connectivity index is 1.76. The van der Waals surface area contributed by atoms with Gasteiger partial charge in [-0.15, -0.1) is 4.83 Å². The van der Waals surface area contributed by atoms with Gasteiger partial charge in [-0.3, -0.25) is 10.2 Å². The zero-order valence-electron chi connectivity index (χ0n) is 13.1. The molecule has 0 unspecified atom stereocenters.